The quantitative estimate of drug-likeness (QED) is 0.793. The van der Waals surface area contributed by atoms with E-state index in [0.717, 1.165) is 12.1 Å². The molecule has 0 atom stereocenters. The van der Waals surface area contributed by atoms with Crippen LogP contribution in [0.4, 0.5) is 5.69 Å². The highest BCUT2D eigenvalue weighted by atomic mass is 79.9. The summed E-state index contributed by atoms with van der Waals surface area (Å²) in [7, 11) is 1.87. The summed E-state index contributed by atoms with van der Waals surface area (Å²) in [4.78, 5) is 11.9. The highest BCUT2D eigenvalue weighted by molar-refractivity contribution is 9.10. The van der Waals surface area contributed by atoms with Crippen molar-refractivity contribution in [2.75, 3.05) is 18.5 Å². The Labute approximate surface area is 124 Å². The summed E-state index contributed by atoms with van der Waals surface area (Å²) >= 11 is 3.25. The standard InChI is InChI=1S/C12H16BrN5O2/c1-17-5-3-9(16-17)2-4-14-10-8-15-18(6-7-19)12(20)11(10)13/h3,5,8,14,19H,2,4,6-7H2,1H3. The summed E-state index contributed by atoms with van der Waals surface area (Å²) in [5, 5.41) is 20.2. The van der Waals surface area contributed by atoms with Crippen LogP contribution < -0.4 is 10.9 Å². The van der Waals surface area contributed by atoms with Gasteiger partial charge in [-0.1, -0.05) is 0 Å². The zero-order valence-electron chi connectivity index (χ0n) is 11.1. The van der Waals surface area contributed by atoms with Gasteiger partial charge < -0.3 is 10.4 Å². The summed E-state index contributed by atoms with van der Waals surface area (Å²) in [5.74, 6) is 0. The number of nitrogens with one attached hydrogen (secondary N) is 1. The highest BCUT2D eigenvalue weighted by Crippen LogP contribution is 2.15. The van der Waals surface area contributed by atoms with E-state index in [1.54, 1.807) is 10.9 Å². The Kier molecular flexibility index (Phi) is 4.91. The van der Waals surface area contributed by atoms with Gasteiger partial charge in [0.15, 0.2) is 0 Å². The lowest BCUT2D eigenvalue weighted by Crippen LogP contribution is -2.26. The van der Waals surface area contributed by atoms with E-state index in [1.165, 1.54) is 4.68 Å². The van der Waals surface area contributed by atoms with Gasteiger partial charge in [-0.05, 0) is 22.0 Å². The van der Waals surface area contributed by atoms with Gasteiger partial charge in [-0.2, -0.15) is 10.2 Å². The fraction of sp³-hybridized carbons (Fsp3) is 0.417. The van der Waals surface area contributed by atoms with E-state index in [2.05, 4.69) is 31.4 Å². The second kappa shape index (κ2) is 6.67. The van der Waals surface area contributed by atoms with Gasteiger partial charge in [0.2, 0.25) is 0 Å². The number of nitrogens with zero attached hydrogens (tertiary/aromatic N) is 4. The molecule has 0 aliphatic rings. The van der Waals surface area contributed by atoms with Crippen molar-refractivity contribution in [3.8, 4) is 0 Å². The number of aliphatic hydroxyl groups excluding tert-OH is 1. The Hall–Kier alpha value is -1.67. The van der Waals surface area contributed by atoms with Crippen LogP contribution in [0.5, 0.6) is 0 Å². The van der Waals surface area contributed by atoms with Crippen molar-refractivity contribution in [3.05, 3.63) is 39.0 Å². The molecule has 20 heavy (non-hydrogen) atoms. The number of hydrogen-bond donors (Lipinski definition) is 2. The second-order valence-electron chi connectivity index (χ2n) is 4.28. The molecule has 2 rings (SSSR count). The van der Waals surface area contributed by atoms with Crippen LogP contribution in [0.1, 0.15) is 5.69 Å². The van der Waals surface area contributed by atoms with Crippen molar-refractivity contribution < 1.29 is 5.11 Å². The molecular weight excluding hydrogens is 326 g/mol. The molecule has 0 aliphatic heterocycles. The lowest BCUT2D eigenvalue weighted by molar-refractivity contribution is 0.266. The Morgan fingerprint density at radius 1 is 1.50 bits per heavy atom. The molecule has 0 aliphatic carbocycles. The first-order chi connectivity index (χ1) is 9.61. The van der Waals surface area contributed by atoms with Gasteiger partial charge in [0, 0.05) is 26.2 Å². The summed E-state index contributed by atoms with van der Waals surface area (Å²) in [6.07, 6.45) is 4.22. The van der Waals surface area contributed by atoms with Crippen molar-refractivity contribution in [1.82, 2.24) is 19.6 Å². The summed E-state index contributed by atoms with van der Waals surface area (Å²) in [6, 6.07) is 1.95. The molecule has 2 N–H and O–H groups in total. The van der Waals surface area contributed by atoms with Crippen LogP contribution in [0, 0.1) is 0 Å². The van der Waals surface area contributed by atoms with Crippen LogP contribution in [-0.4, -0.2) is 37.8 Å². The molecule has 0 bridgehead atoms. The maximum Gasteiger partial charge on any atom is 0.283 e. The third-order valence-corrected chi connectivity index (χ3v) is 3.53. The van der Waals surface area contributed by atoms with Crippen molar-refractivity contribution in [3.63, 3.8) is 0 Å². The Bertz CT molecular complexity index is 637. The molecule has 108 valence electrons. The van der Waals surface area contributed by atoms with E-state index in [4.69, 9.17) is 5.11 Å². The molecule has 0 saturated heterocycles. The van der Waals surface area contributed by atoms with Crippen molar-refractivity contribution in [2.24, 2.45) is 7.05 Å². The molecule has 2 aromatic rings. The number of halogens is 1. The smallest absolute Gasteiger partial charge is 0.283 e. The SMILES string of the molecule is Cn1ccc(CCNc2cnn(CCO)c(=O)c2Br)n1. The second-order valence-corrected chi connectivity index (χ2v) is 5.07. The number of aliphatic hydroxyl groups is 1. The van der Waals surface area contributed by atoms with E-state index < -0.39 is 0 Å². The third kappa shape index (κ3) is 3.45. The summed E-state index contributed by atoms with van der Waals surface area (Å²) in [6.45, 7) is 0.720. The van der Waals surface area contributed by atoms with Crippen LogP contribution in [0.3, 0.4) is 0 Å². The Balaban J connectivity index is 1.99. The molecule has 0 fully saturated rings. The molecule has 0 spiro atoms. The van der Waals surface area contributed by atoms with Crippen molar-refractivity contribution in [2.45, 2.75) is 13.0 Å². The average Bonchev–Trinajstić information content (AvgIpc) is 2.84. The number of hydrogen-bond acceptors (Lipinski definition) is 5. The zero-order valence-corrected chi connectivity index (χ0v) is 12.7. The van der Waals surface area contributed by atoms with Crippen LogP contribution in [0.25, 0.3) is 0 Å². The van der Waals surface area contributed by atoms with Gasteiger partial charge in [-0.15, -0.1) is 0 Å². The van der Waals surface area contributed by atoms with Gasteiger partial charge >= 0.3 is 0 Å². The average molecular weight is 342 g/mol. The van der Waals surface area contributed by atoms with Crippen LogP contribution in [-0.2, 0) is 20.0 Å². The predicted molar refractivity (Wildman–Crippen MR) is 78.7 cm³/mol. The van der Waals surface area contributed by atoms with Gasteiger partial charge in [0.1, 0.15) is 4.47 Å². The Morgan fingerprint density at radius 2 is 2.30 bits per heavy atom. The van der Waals surface area contributed by atoms with Gasteiger partial charge in [0.05, 0.1) is 30.7 Å². The number of anilines is 1. The minimum atomic E-state index is -0.262. The lowest BCUT2D eigenvalue weighted by atomic mass is 10.3. The minimum Gasteiger partial charge on any atom is -0.394 e. The molecule has 0 radical (unpaired) electrons. The largest absolute Gasteiger partial charge is 0.394 e. The first-order valence-corrected chi connectivity index (χ1v) is 7.00. The zero-order chi connectivity index (χ0) is 14.5. The third-order valence-electron chi connectivity index (χ3n) is 2.76. The number of rotatable bonds is 6. The predicted octanol–water partition coefficient (Wildman–Crippen LogP) is 0.386. The molecule has 8 heteroatoms. The number of aromatic nitrogens is 4. The molecule has 0 saturated carbocycles. The fourth-order valence-corrected chi connectivity index (χ4v) is 2.21. The van der Waals surface area contributed by atoms with E-state index in [9.17, 15) is 4.79 Å². The van der Waals surface area contributed by atoms with Crippen molar-refractivity contribution in [1.29, 1.82) is 0 Å². The first-order valence-electron chi connectivity index (χ1n) is 6.20. The van der Waals surface area contributed by atoms with Crippen LogP contribution >= 0.6 is 15.9 Å². The minimum absolute atomic E-state index is 0.119. The van der Waals surface area contributed by atoms with E-state index in [-0.39, 0.29) is 18.7 Å². The summed E-state index contributed by atoms with van der Waals surface area (Å²) in [5.41, 5.74) is 1.36. The van der Waals surface area contributed by atoms with Crippen molar-refractivity contribution >= 4 is 21.6 Å². The molecule has 2 heterocycles. The molecular formula is C12H16BrN5O2. The maximum absolute atomic E-state index is 11.9. The molecule has 0 unspecified atom stereocenters. The normalized spacial score (nSPS) is 10.8. The highest BCUT2D eigenvalue weighted by Gasteiger charge is 2.08. The number of aryl methyl sites for hydroxylation is 1. The Morgan fingerprint density at radius 3 is 2.95 bits per heavy atom. The molecule has 0 amide bonds. The van der Waals surface area contributed by atoms with E-state index in [1.807, 2.05) is 19.3 Å². The fourth-order valence-electron chi connectivity index (χ4n) is 1.76. The van der Waals surface area contributed by atoms with Gasteiger partial charge in [-0.3, -0.25) is 9.48 Å². The first kappa shape index (κ1) is 14.7. The topological polar surface area (TPSA) is 85.0 Å². The summed E-state index contributed by atoms with van der Waals surface area (Å²) < 4.78 is 3.39. The lowest BCUT2D eigenvalue weighted by Gasteiger charge is -2.09. The van der Waals surface area contributed by atoms with E-state index in [0.29, 0.717) is 16.7 Å². The van der Waals surface area contributed by atoms with E-state index >= 15 is 0 Å². The molecule has 0 aromatic carbocycles. The molecule has 2 aromatic heterocycles. The maximum atomic E-state index is 11.9. The van der Waals surface area contributed by atoms with Gasteiger partial charge in [-0.25, -0.2) is 4.68 Å². The molecule has 7 nitrogen and oxygen atoms in total. The van der Waals surface area contributed by atoms with Crippen LogP contribution in [0.2, 0.25) is 0 Å². The van der Waals surface area contributed by atoms with Crippen LogP contribution in [0.15, 0.2) is 27.7 Å². The monoisotopic (exact) mass is 341 g/mol. The van der Waals surface area contributed by atoms with Gasteiger partial charge in [0.25, 0.3) is 5.56 Å².